The summed E-state index contributed by atoms with van der Waals surface area (Å²) in [5, 5.41) is 0. The highest BCUT2D eigenvalue weighted by Crippen LogP contribution is 2.37. The number of rotatable bonds is 5. The minimum Gasteiger partial charge on any atom is -0.0654 e. The Morgan fingerprint density at radius 1 is 0.889 bits per heavy atom. The Hall–Kier alpha value is -2.00. The Kier molecular flexibility index (Phi) is 7.17. The number of aryl methyl sites for hydroxylation is 2. The van der Waals surface area contributed by atoms with Gasteiger partial charge in [0.1, 0.15) is 0 Å². The molecule has 0 bridgehead atoms. The number of hydrogen-bond donors (Lipinski definition) is 0. The molecular weight excluding hydrogens is 324 g/mol. The van der Waals surface area contributed by atoms with E-state index in [1.54, 1.807) is 0 Å². The highest BCUT2D eigenvalue weighted by Gasteiger charge is 2.21. The third kappa shape index (κ3) is 5.49. The summed E-state index contributed by atoms with van der Waals surface area (Å²) < 4.78 is 0. The summed E-state index contributed by atoms with van der Waals surface area (Å²) in [6.07, 6.45) is 10.8. The predicted molar refractivity (Wildman–Crippen MR) is 117 cm³/mol. The van der Waals surface area contributed by atoms with E-state index in [4.69, 9.17) is 0 Å². The molecule has 0 N–H and O–H groups in total. The van der Waals surface area contributed by atoms with Crippen LogP contribution in [0.3, 0.4) is 0 Å². The van der Waals surface area contributed by atoms with Crippen LogP contribution < -0.4 is 0 Å². The molecule has 0 nitrogen and oxygen atoms in total. The third-order valence-electron chi connectivity index (χ3n) is 6.24. The fraction of sp³-hybridized carbons (Fsp3) is 0.481. The lowest BCUT2D eigenvalue weighted by molar-refractivity contribution is 0.304. The van der Waals surface area contributed by atoms with Crippen molar-refractivity contribution in [2.45, 2.75) is 78.1 Å². The maximum atomic E-state index is 3.35. The summed E-state index contributed by atoms with van der Waals surface area (Å²) in [6.45, 7) is 6.65. The molecule has 0 heteroatoms. The minimum absolute atomic E-state index is 0.758. The third-order valence-corrected chi connectivity index (χ3v) is 6.24. The number of benzene rings is 2. The summed E-state index contributed by atoms with van der Waals surface area (Å²) in [6, 6.07) is 15.7. The Morgan fingerprint density at radius 3 is 2.26 bits per heavy atom. The summed E-state index contributed by atoms with van der Waals surface area (Å²) in [7, 11) is 0. The molecule has 1 fully saturated rings. The Morgan fingerprint density at radius 2 is 1.63 bits per heavy atom. The lowest BCUT2D eigenvalue weighted by Crippen LogP contribution is -2.13. The summed E-state index contributed by atoms with van der Waals surface area (Å²) in [4.78, 5) is 0. The molecule has 2 aromatic carbocycles. The van der Waals surface area contributed by atoms with Crippen LogP contribution >= 0.6 is 0 Å². The maximum absolute atomic E-state index is 3.35. The zero-order valence-corrected chi connectivity index (χ0v) is 17.4. The van der Waals surface area contributed by atoms with E-state index >= 15 is 0 Å². The van der Waals surface area contributed by atoms with E-state index < -0.39 is 0 Å². The van der Waals surface area contributed by atoms with E-state index in [0.29, 0.717) is 0 Å². The van der Waals surface area contributed by atoms with Gasteiger partial charge in [0.25, 0.3) is 0 Å². The zero-order chi connectivity index (χ0) is 19.1. The Balaban J connectivity index is 1.60. The lowest BCUT2D eigenvalue weighted by atomic mass is 9.77. The second-order valence-electron chi connectivity index (χ2n) is 8.23. The van der Waals surface area contributed by atoms with Crippen molar-refractivity contribution < 1.29 is 0 Å². The topological polar surface area (TPSA) is 0 Å². The van der Waals surface area contributed by atoms with Gasteiger partial charge in [-0.1, -0.05) is 69.2 Å². The first-order valence-electron chi connectivity index (χ1n) is 10.9. The first-order valence-corrected chi connectivity index (χ1v) is 10.9. The monoisotopic (exact) mass is 358 g/mol. The van der Waals surface area contributed by atoms with Crippen LogP contribution in [0.2, 0.25) is 0 Å². The molecular formula is C27H34. The van der Waals surface area contributed by atoms with Gasteiger partial charge in [-0.3, -0.25) is 0 Å². The smallest absolute Gasteiger partial charge is 0.0278 e. The molecule has 27 heavy (non-hydrogen) atoms. The van der Waals surface area contributed by atoms with Crippen molar-refractivity contribution >= 4 is 0 Å². The molecule has 0 heterocycles. The van der Waals surface area contributed by atoms with Crippen LogP contribution in [0.4, 0.5) is 0 Å². The molecule has 142 valence electrons. The molecule has 0 saturated heterocycles. The van der Waals surface area contributed by atoms with E-state index in [0.717, 1.165) is 29.4 Å². The minimum atomic E-state index is 0.758. The highest BCUT2D eigenvalue weighted by atomic mass is 14.3. The molecule has 3 rings (SSSR count). The molecule has 0 aliphatic heterocycles. The zero-order valence-electron chi connectivity index (χ0n) is 17.4. The molecule has 0 atom stereocenters. The van der Waals surface area contributed by atoms with Gasteiger partial charge >= 0.3 is 0 Å². The molecule has 0 spiro atoms. The fourth-order valence-corrected chi connectivity index (χ4v) is 4.34. The van der Waals surface area contributed by atoms with Crippen molar-refractivity contribution in [2.24, 2.45) is 5.92 Å². The number of hydrogen-bond acceptors (Lipinski definition) is 0. The normalized spacial score (nSPS) is 19.4. The van der Waals surface area contributed by atoms with Gasteiger partial charge in [-0.15, -0.1) is 0 Å². The largest absolute Gasteiger partial charge is 0.0654 e. The molecule has 0 unspecified atom stereocenters. The van der Waals surface area contributed by atoms with Crippen molar-refractivity contribution in [1.29, 1.82) is 0 Å². The van der Waals surface area contributed by atoms with Crippen molar-refractivity contribution in [1.82, 2.24) is 0 Å². The van der Waals surface area contributed by atoms with Crippen molar-refractivity contribution in [3.63, 3.8) is 0 Å². The highest BCUT2D eigenvalue weighted by molar-refractivity contribution is 5.47. The van der Waals surface area contributed by atoms with Gasteiger partial charge < -0.3 is 0 Å². The summed E-state index contributed by atoms with van der Waals surface area (Å²) in [5.41, 5.74) is 6.43. The predicted octanol–water partition coefficient (Wildman–Crippen LogP) is 7.42. The van der Waals surface area contributed by atoms with E-state index in [2.05, 4.69) is 75.1 Å². The van der Waals surface area contributed by atoms with Gasteiger partial charge in [-0.05, 0) is 85.8 Å². The SMILES string of the molecule is CCCCC1CCC(c2ccc(C#Cc3ccc(CC)cc3C)cc2)CC1. The molecule has 0 amide bonds. The van der Waals surface area contributed by atoms with Crippen LogP contribution in [0.1, 0.15) is 92.5 Å². The van der Waals surface area contributed by atoms with Crippen LogP contribution in [-0.4, -0.2) is 0 Å². The van der Waals surface area contributed by atoms with Gasteiger partial charge in [0, 0.05) is 11.1 Å². The molecule has 1 aliphatic rings. The summed E-state index contributed by atoms with van der Waals surface area (Å²) >= 11 is 0. The molecule has 0 radical (unpaired) electrons. The second kappa shape index (κ2) is 9.80. The lowest BCUT2D eigenvalue weighted by Gasteiger charge is -2.28. The molecule has 1 saturated carbocycles. The second-order valence-corrected chi connectivity index (χ2v) is 8.23. The van der Waals surface area contributed by atoms with Crippen LogP contribution in [0.25, 0.3) is 0 Å². The average Bonchev–Trinajstić information content (AvgIpc) is 2.72. The van der Waals surface area contributed by atoms with Gasteiger partial charge in [0.05, 0.1) is 0 Å². The van der Waals surface area contributed by atoms with Crippen molar-refractivity contribution in [3.8, 4) is 11.8 Å². The van der Waals surface area contributed by atoms with E-state index in [1.807, 2.05) is 0 Å². The van der Waals surface area contributed by atoms with Crippen LogP contribution in [-0.2, 0) is 6.42 Å². The first kappa shape index (κ1) is 19.8. The quantitative estimate of drug-likeness (QED) is 0.488. The van der Waals surface area contributed by atoms with E-state index in [9.17, 15) is 0 Å². The van der Waals surface area contributed by atoms with Crippen molar-refractivity contribution in [3.05, 3.63) is 70.3 Å². The molecule has 0 aromatic heterocycles. The van der Waals surface area contributed by atoms with Gasteiger partial charge in [-0.2, -0.15) is 0 Å². The average molecular weight is 359 g/mol. The Labute approximate surface area is 166 Å². The van der Waals surface area contributed by atoms with Crippen LogP contribution in [0, 0.1) is 24.7 Å². The first-order chi connectivity index (χ1) is 13.2. The molecule has 2 aromatic rings. The fourth-order valence-electron chi connectivity index (χ4n) is 4.34. The van der Waals surface area contributed by atoms with Gasteiger partial charge in [0.2, 0.25) is 0 Å². The van der Waals surface area contributed by atoms with Crippen LogP contribution in [0.5, 0.6) is 0 Å². The standard InChI is InChI=1S/C27H34/c1-4-6-7-23-10-16-26(17-11-23)27-18-12-24(13-19-27)9-15-25-14-8-22(5-2)20-21(25)3/h8,12-14,18-20,23,26H,4-7,10-11,16-17H2,1-3H3. The number of unbranched alkanes of at least 4 members (excludes halogenated alkanes) is 1. The van der Waals surface area contributed by atoms with Gasteiger partial charge in [-0.25, -0.2) is 0 Å². The molecule has 1 aliphatic carbocycles. The van der Waals surface area contributed by atoms with Crippen LogP contribution in [0.15, 0.2) is 42.5 Å². The van der Waals surface area contributed by atoms with E-state index in [1.165, 1.54) is 61.6 Å². The van der Waals surface area contributed by atoms with E-state index in [-0.39, 0.29) is 0 Å². The maximum Gasteiger partial charge on any atom is 0.0278 e. The van der Waals surface area contributed by atoms with Gasteiger partial charge in [0.15, 0.2) is 0 Å². The van der Waals surface area contributed by atoms with Crippen molar-refractivity contribution in [2.75, 3.05) is 0 Å². The Bertz CT molecular complexity index is 777. The summed E-state index contributed by atoms with van der Waals surface area (Å²) in [5.74, 6) is 8.44.